The summed E-state index contributed by atoms with van der Waals surface area (Å²) in [5, 5.41) is 2.89. The van der Waals surface area contributed by atoms with Gasteiger partial charge in [-0.3, -0.25) is 9.59 Å². The van der Waals surface area contributed by atoms with Crippen LogP contribution < -0.4 is 5.32 Å². The molecular formula is C20H26N2O4S. The van der Waals surface area contributed by atoms with Crippen LogP contribution in [0.1, 0.15) is 44.7 Å². The first kappa shape index (κ1) is 19.7. The molecule has 2 aliphatic rings. The van der Waals surface area contributed by atoms with E-state index in [4.69, 9.17) is 4.74 Å². The van der Waals surface area contributed by atoms with E-state index in [0.717, 1.165) is 36.1 Å². The van der Waals surface area contributed by atoms with Crippen molar-refractivity contribution in [1.82, 2.24) is 4.90 Å². The van der Waals surface area contributed by atoms with Crippen molar-refractivity contribution in [3.05, 3.63) is 29.3 Å². The van der Waals surface area contributed by atoms with Gasteiger partial charge >= 0.3 is 5.97 Å². The topological polar surface area (TPSA) is 75.7 Å². The first-order valence-corrected chi connectivity index (χ1v) is 10.4. The maximum atomic E-state index is 12.5. The Morgan fingerprint density at radius 1 is 1.30 bits per heavy atom. The minimum absolute atomic E-state index is 0.0154. The summed E-state index contributed by atoms with van der Waals surface area (Å²) in [6.45, 7) is 5.70. The molecule has 7 heteroatoms. The van der Waals surface area contributed by atoms with Crippen LogP contribution in [0.4, 0.5) is 5.69 Å². The number of amides is 2. The molecule has 0 radical (unpaired) electrons. The SMILES string of the molecule is CCc1cccc(CC)c1NC(=O)COC(=O)[C@@H]1CS[C@]2(C)CCC(=O)N12. The van der Waals surface area contributed by atoms with Crippen LogP contribution in [0.3, 0.4) is 0 Å². The molecule has 2 amide bonds. The second-order valence-corrected chi connectivity index (χ2v) is 8.58. The Kier molecular flexibility index (Phi) is 5.79. The number of hydrogen-bond donors (Lipinski definition) is 1. The molecule has 2 fully saturated rings. The highest BCUT2D eigenvalue weighted by atomic mass is 32.2. The summed E-state index contributed by atoms with van der Waals surface area (Å²) in [6.07, 6.45) is 2.81. The van der Waals surface area contributed by atoms with Crippen molar-refractivity contribution in [3.63, 3.8) is 0 Å². The lowest BCUT2D eigenvalue weighted by atomic mass is 10.0. The smallest absolute Gasteiger partial charge is 0.330 e. The molecule has 0 saturated carbocycles. The quantitative estimate of drug-likeness (QED) is 0.756. The summed E-state index contributed by atoms with van der Waals surface area (Å²) >= 11 is 1.61. The number of rotatable bonds is 6. The van der Waals surface area contributed by atoms with Gasteiger partial charge in [-0.1, -0.05) is 32.0 Å². The first-order valence-electron chi connectivity index (χ1n) is 9.43. The zero-order valence-electron chi connectivity index (χ0n) is 16.0. The summed E-state index contributed by atoms with van der Waals surface area (Å²) in [4.78, 5) is 38.3. The van der Waals surface area contributed by atoms with Crippen LogP contribution in [-0.4, -0.2) is 46.0 Å². The third-order valence-corrected chi connectivity index (χ3v) is 6.83. The molecule has 1 aromatic rings. The summed E-state index contributed by atoms with van der Waals surface area (Å²) in [5.41, 5.74) is 2.92. The van der Waals surface area contributed by atoms with Crippen LogP contribution in [0.5, 0.6) is 0 Å². The van der Waals surface area contributed by atoms with Gasteiger partial charge in [-0.05, 0) is 37.3 Å². The zero-order valence-corrected chi connectivity index (χ0v) is 16.9. The van der Waals surface area contributed by atoms with E-state index in [1.54, 1.807) is 16.7 Å². The maximum Gasteiger partial charge on any atom is 0.330 e. The summed E-state index contributed by atoms with van der Waals surface area (Å²) in [6, 6.07) is 5.35. The predicted molar refractivity (Wildman–Crippen MR) is 106 cm³/mol. The molecule has 3 rings (SSSR count). The highest BCUT2D eigenvalue weighted by molar-refractivity contribution is 8.01. The number of carbonyl (C=O) groups is 3. The van der Waals surface area contributed by atoms with Crippen molar-refractivity contribution in [2.24, 2.45) is 0 Å². The Morgan fingerprint density at radius 2 is 1.96 bits per heavy atom. The Balaban J connectivity index is 1.60. The number of hydrogen-bond acceptors (Lipinski definition) is 5. The number of thioether (sulfide) groups is 1. The van der Waals surface area contributed by atoms with Crippen molar-refractivity contribution in [3.8, 4) is 0 Å². The molecule has 1 N–H and O–H groups in total. The van der Waals surface area contributed by atoms with Gasteiger partial charge in [0.2, 0.25) is 5.91 Å². The van der Waals surface area contributed by atoms with E-state index in [1.165, 1.54) is 0 Å². The number of ether oxygens (including phenoxy) is 1. The first-order chi connectivity index (χ1) is 12.9. The minimum atomic E-state index is -0.600. The number of para-hydroxylation sites is 1. The molecule has 2 atom stereocenters. The molecule has 1 aromatic carbocycles. The summed E-state index contributed by atoms with van der Waals surface area (Å²) in [7, 11) is 0. The Hall–Kier alpha value is -2.02. The van der Waals surface area contributed by atoms with Gasteiger partial charge in [0, 0.05) is 17.9 Å². The van der Waals surface area contributed by atoms with Crippen LogP contribution in [0.2, 0.25) is 0 Å². The van der Waals surface area contributed by atoms with Gasteiger partial charge in [-0.2, -0.15) is 0 Å². The van der Waals surface area contributed by atoms with E-state index >= 15 is 0 Å². The van der Waals surface area contributed by atoms with Crippen molar-refractivity contribution >= 4 is 35.2 Å². The number of fused-ring (bicyclic) bond motifs is 1. The average Bonchev–Trinajstić information content (AvgIpc) is 3.16. The number of carbonyl (C=O) groups excluding carboxylic acids is 3. The number of benzene rings is 1. The van der Waals surface area contributed by atoms with Crippen molar-refractivity contribution in [1.29, 1.82) is 0 Å². The highest BCUT2D eigenvalue weighted by Gasteiger charge is 2.53. The largest absolute Gasteiger partial charge is 0.454 e. The molecule has 2 heterocycles. The van der Waals surface area contributed by atoms with E-state index < -0.39 is 12.0 Å². The number of esters is 1. The van der Waals surface area contributed by atoms with E-state index in [1.807, 2.05) is 39.0 Å². The van der Waals surface area contributed by atoms with Crippen LogP contribution in [0.15, 0.2) is 18.2 Å². The van der Waals surface area contributed by atoms with Gasteiger partial charge in [0.1, 0.15) is 6.04 Å². The number of aryl methyl sites for hydroxylation is 2. The summed E-state index contributed by atoms with van der Waals surface area (Å²) < 4.78 is 5.25. The van der Waals surface area contributed by atoms with Crippen molar-refractivity contribution in [2.45, 2.75) is 57.4 Å². The van der Waals surface area contributed by atoms with Gasteiger partial charge in [-0.25, -0.2) is 4.79 Å². The predicted octanol–water partition coefficient (Wildman–Crippen LogP) is 2.75. The standard InChI is InChI=1S/C20H26N2O4S/c1-4-13-7-6-8-14(5-2)18(13)21-16(23)11-26-19(25)15-12-27-20(3)10-9-17(24)22(15)20/h6-8,15H,4-5,9-12H2,1-3H3,(H,21,23)/t15-,20+/m0/s1. The summed E-state index contributed by atoms with van der Waals surface area (Å²) in [5.74, 6) is -0.365. The lowest BCUT2D eigenvalue weighted by molar-refractivity contribution is -0.155. The molecule has 0 aromatic heterocycles. The van der Waals surface area contributed by atoms with Crippen molar-refractivity contribution in [2.75, 3.05) is 17.7 Å². The molecule has 27 heavy (non-hydrogen) atoms. The molecule has 0 bridgehead atoms. The lowest BCUT2D eigenvalue weighted by Crippen LogP contribution is -2.47. The number of nitrogens with zero attached hydrogens (tertiary/aromatic N) is 1. The van der Waals surface area contributed by atoms with Gasteiger partial charge in [0.25, 0.3) is 5.91 Å². The molecule has 6 nitrogen and oxygen atoms in total. The molecule has 0 spiro atoms. The fourth-order valence-electron chi connectivity index (χ4n) is 3.81. The van der Waals surface area contributed by atoms with Gasteiger partial charge in [-0.15, -0.1) is 11.8 Å². The fourth-order valence-corrected chi connectivity index (χ4v) is 5.22. The second kappa shape index (κ2) is 7.92. The molecular weight excluding hydrogens is 364 g/mol. The zero-order chi connectivity index (χ0) is 19.6. The second-order valence-electron chi connectivity index (χ2n) is 7.08. The molecule has 2 aliphatic heterocycles. The lowest BCUT2D eigenvalue weighted by Gasteiger charge is -2.29. The Labute approximate surface area is 164 Å². The molecule has 0 aliphatic carbocycles. The normalized spacial score (nSPS) is 24.0. The third-order valence-electron chi connectivity index (χ3n) is 5.33. The van der Waals surface area contributed by atoms with Crippen LogP contribution in [-0.2, 0) is 32.0 Å². The fraction of sp³-hybridized carbons (Fsp3) is 0.550. The average molecular weight is 391 g/mol. The Morgan fingerprint density at radius 3 is 2.59 bits per heavy atom. The van der Waals surface area contributed by atoms with E-state index in [9.17, 15) is 14.4 Å². The van der Waals surface area contributed by atoms with Crippen LogP contribution in [0.25, 0.3) is 0 Å². The van der Waals surface area contributed by atoms with Gasteiger partial charge in [0.05, 0.1) is 4.87 Å². The number of anilines is 1. The van der Waals surface area contributed by atoms with Gasteiger partial charge < -0.3 is 15.0 Å². The highest BCUT2D eigenvalue weighted by Crippen LogP contribution is 2.47. The van der Waals surface area contributed by atoms with Crippen LogP contribution in [0, 0.1) is 0 Å². The monoisotopic (exact) mass is 390 g/mol. The van der Waals surface area contributed by atoms with Gasteiger partial charge in [0.15, 0.2) is 6.61 Å². The molecule has 2 saturated heterocycles. The third kappa shape index (κ3) is 3.83. The molecule has 146 valence electrons. The van der Waals surface area contributed by atoms with E-state index in [-0.39, 0.29) is 23.3 Å². The van der Waals surface area contributed by atoms with E-state index in [2.05, 4.69) is 5.32 Å². The van der Waals surface area contributed by atoms with Crippen LogP contribution >= 0.6 is 11.8 Å². The molecule has 0 unspecified atom stereocenters. The van der Waals surface area contributed by atoms with Crippen molar-refractivity contribution < 1.29 is 19.1 Å². The number of nitrogens with one attached hydrogen (secondary N) is 1. The minimum Gasteiger partial charge on any atom is -0.454 e. The maximum absolute atomic E-state index is 12.5. The van der Waals surface area contributed by atoms with E-state index in [0.29, 0.717) is 12.2 Å². The Bertz CT molecular complexity index is 744.